The van der Waals surface area contributed by atoms with Crippen molar-refractivity contribution >= 4 is 52.1 Å². The normalized spacial score (nSPS) is 15.3. The van der Waals surface area contributed by atoms with Gasteiger partial charge in [-0.2, -0.15) is 0 Å². The van der Waals surface area contributed by atoms with Crippen molar-refractivity contribution < 1.29 is 17.9 Å². The molecule has 134 valence electrons. The molecule has 0 unspecified atom stereocenters. The van der Waals surface area contributed by atoms with Gasteiger partial charge in [0, 0.05) is 39.3 Å². The molecule has 2 N–H and O–H groups in total. The lowest BCUT2D eigenvalue weighted by Gasteiger charge is -2.27. The molecule has 2 rings (SSSR count). The van der Waals surface area contributed by atoms with Crippen LogP contribution in [-0.4, -0.2) is 65.7 Å². The number of methoxy groups -OCH3 is 1. The van der Waals surface area contributed by atoms with E-state index in [0.29, 0.717) is 13.1 Å². The first-order valence-corrected chi connectivity index (χ1v) is 8.99. The summed E-state index contributed by atoms with van der Waals surface area (Å²) in [5, 5.41) is 4.81. The van der Waals surface area contributed by atoms with Gasteiger partial charge in [0.1, 0.15) is 9.77 Å². The molecule has 7 nitrogen and oxygen atoms in total. The van der Waals surface area contributed by atoms with Gasteiger partial charge in [-0.3, -0.25) is 4.90 Å². The van der Waals surface area contributed by atoms with Crippen LogP contribution in [0.1, 0.15) is 9.67 Å². The first-order chi connectivity index (χ1) is 10.0. The Balaban J connectivity index is 0.00000242. The maximum atomic E-state index is 12.2. The monoisotopic (exact) mass is 405 g/mol. The van der Waals surface area contributed by atoms with E-state index >= 15 is 0 Å². The molecule has 0 spiro atoms. The third-order valence-electron chi connectivity index (χ3n) is 3.22. The van der Waals surface area contributed by atoms with Gasteiger partial charge in [-0.25, -0.2) is 17.9 Å². The Hall–Kier alpha value is -0.420. The van der Waals surface area contributed by atoms with E-state index < -0.39 is 16.0 Å². The number of hydrogen-bond acceptors (Lipinski definition) is 7. The zero-order chi connectivity index (χ0) is 15.3. The van der Waals surface area contributed by atoms with Crippen molar-refractivity contribution in [1.82, 2.24) is 14.9 Å². The quantitative estimate of drug-likeness (QED) is 0.672. The van der Waals surface area contributed by atoms with Gasteiger partial charge in [0.2, 0.25) is 10.0 Å². The summed E-state index contributed by atoms with van der Waals surface area (Å²) in [6, 6.07) is 1.42. The Bertz CT molecular complexity index is 589. The molecule has 1 fully saturated rings. The molecule has 0 aromatic carbocycles. The average molecular weight is 406 g/mol. The standard InChI is InChI=1S/C12H19N3O4S2.2ClH/c1-19-12(16)11-10(2-9-20-11)21(17,18)14-5-8-15-6-3-13-4-7-15;;/h2,9,13-14H,3-8H2,1H3;2*1H. The lowest BCUT2D eigenvalue weighted by Crippen LogP contribution is -2.46. The van der Waals surface area contributed by atoms with Crippen LogP contribution in [0.15, 0.2) is 16.3 Å². The number of sulfonamides is 1. The Morgan fingerprint density at radius 2 is 2.04 bits per heavy atom. The zero-order valence-electron chi connectivity index (χ0n) is 12.6. The van der Waals surface area contributed by atoms with Gasteiger partial charge in [-0.15, -0.1) is 36.2 Å². The van der Waals surface area contributed by atoms with Crippen LogP contribution < -0.4 is 10.0 Å². The number of piperazine rings is 1. The molecule has 1 aliphatic heterocycles. The van der Waals surface area contributed by atoms with E-state index in [1.54, 1.807) is 5.38 Å². The number of thiophene rings is 1. The number of carbonyl (C=O) groups excluding carboxylic acids is 1. The Morgan fingerprint density at radius 1 is 1.39 bits per heavy atom. The van der Waals surface area contributed by atoms with Crippen LogP contribution in [0.25, 0.3) is 0 Å². The lowest BCUT2D eigenvalue weighted by molar-refractivity contribution is 0.0602. The number of rotatable bonds is 6. The molecular weight excluding hydrogens is 385 g/mol. The van der Waals surface area contributed by atoms with Crippen LogP contribution in [0.3, 0.4) is 0 Å². The molecule has 1 saturated heterocycles. The Labute approximate surface area is 152 Å². The number of hydrogen-bond donors (Lipinski definition) is 2. The summed E-state index contributed by atoms with van der Waals surface area (Å²) in [5.74, 6) is -0.632. The average Bonchev–Trinajstić information content (AvgIpc) is 2.98. The molecule has 0 saturated carbocycles. The minimum Gasteiger partial charge on any atom is -0.465 e. The fraction of sp³-hybridized carbons (Fsp3) is 0.583. The molecule has 2 heterocycles. The molecule has 0 radical (unpaired) electrons. The number of halogens is 2. The fourth-order valence-corrected chi connectivity index (χ4v) is 4.45. The molecule has 23 heavy (non-hydrogen) atoms. The molecule has 0 aliphatic carbocycles. The number of nitrogens with zero attached hydrogens (tertiary/aromatic N) is 1. The highest BCUT2D eigenvalue weighted by Crippen LogP contribution is 2.22. The van der Waals surface area contributed by atoms with Gasteiger partial charge in [-0.05, 0) is 11.4 Å². The van der Waals surface area contributed by atoms with Crippen LogP contribution in [0.4, 0.5) is 0 Å². The minimum atomic E-state index is -3.69. The SMILES string of the molecule is COC(=O)c1sccc1S(=O)(=O)NCCN1CCNCC1.Cl.Cl. The van der Waals surface area contributed by atoms with E-state index in [1.165, 1.54) is 13.2 Å². The van der Waals surface area contributed by atoms with E-state index in [4.69, 9.17) is 0 Å². The number of carbonyl (C=O) groups is 1. The van der Waals surface area contributed by atoms with Crippen molar-refractivity contribution in [2.24, 2.45) is 0 Å². The largest absolute Gasteiger partial charge is 0.465 e. The summed E-state index contributed by atoms with van der Waals surface area (Å²) < 4.78 is 31.6. The van der Waals surface area contributed by atoms with Gasteiger partial charge < -0.3 is 10.1 Å². The van der Waals surface area contributed by atoms with Crippen molar-refractivity contribution in [3.63, 3.8) is 0 Å². The van der Waals surface area contributed by atoms with Crippen molar-refractivity contribution in [2.75, 3.05) is 46.4 Å². The van der Waals surface area contributed by atoms with Crippen LogP contribution in [0.2, 0.25) is 0 Å². The Morgan fingerprint density at radius 3 is 2.65 bits per heavy atom. The molecule has 0 bridgehead atoms. The van der Waals surface area contributed by atoms with Gasteiger partial charge in [0.05, 0.1) is 7.11 Å². The van der Waals surface area contributed by atoms with Gasteiger partial charge >= 0.3 is 5.97 Å². The highest BCUT2D eigenvalue weighted by molar-refractivity contribution is 7.89. The summed E-state index contributed by atoms with van der Waals surface area (Å²) in [6.07, 6.45) is 0. The third-order valence-corrected chi connectivity index (χ3v) is 5.75. The summed E-state index contributed by atoms with van der Waals surface area (Å²) in [4.78, 5) is 13.8. The predicted molar refractivity (Wildman–Crippen MR) is 94.7 cm³/mol. The summed E-state index contributed by atoms with van der Waals surface area (Å²) >= 11 is 1.06. The van der Waals surface area contributed by atoms with E-state index in [9.17, 15) is 13.2 Å². The molecule has 1 aromatic rings. The second kappa shape index (κ2) is 10.4. The number of nitrogens with one attached hydrogen (secondary N) is 2. The van der Waals surface area contributed by atoms with E-state index in [0.717, 1.165) is 37.5 Å². The maximum Gasteiger partial charge on any atom is 0.349 e. The van der Waals surface area contributed by atoms with Crippen molar-refractivity contribution in [3.05, 3.63) is 16.3 Å². The molecule has 11 heteroatoms. The number of ether oxygens (including phenoxy) is 1. The van der Waals surface area contributed by atoms with Crippen LogP contribution in [0.5, 0.6) is 0 Å². The Kier molecular flexibility index (Phi) is 10.3. The van der Waals surface area contributed by atoms with E-state index in [-0.39, 0.29) is 34.6 Å². The molecule has 1 aliphatic rings. The third kappa shape index (κ3) is 6.18. The second-order valence-corrected chi connectivity index (χ2v) is 7.25. The molecule has 0 amide bonds. The molecule has 1 aromatic heterocycles. The van der Waals surface area contributed by atoms with Gasteiger partial charge in [0.25, 0.3) is 0 Å². The predicted octanol–water partition coefficient (Wildman–Crippen LogP) is 0.562. The van der Waals surface area contributed by atoms with Crippen LogP contribution >= 0.6 is 36.2 Å². The molecular formula is C12H21Cl2N3O4S2. The van der Waals surface area contributed by atoms with E-state index in [1.807, 2.05) is 0 Å². The minimum absolute atomic E-state index is 0. The highest BCUT2D eigenvalue weighted by atomic mass is 35.5. The second-order valence-electron chi connectivity index (χ2n) is 4.59. The van der Waals surface area contributed by atoms with Crippen LogP contribution in [-0.2, 0) is 14.8 Å². The van der Waals surface area contributed by atoms with Crippen LogP contribution in [0, 0.1) is 0 Å². The van der Waals surface area contributed by atoms with E-state index in [2.05, 4.69) is 19.7 Å². The summed E-state index contributed by atoms with van der Waals surface area (Å²) in [5.41, 5.74) is 0. The summed E-state index contributed by atoms with van der Waals surface area (Å²) in [6.45, 7) is 4.63. The lowest BCUT2D eigenvalue weighted by atomic mass is 10.3. The first kappa shape index (κ1) is 22.6. The van der Waals surface area contributed by atoms with Gasteiger partial charge in [-0.1, -0.05) is 0 Å². The maximum absolute atomic E-state index is 12.2. The fourth-order valence-electron chi connectivity index (χ4n) is 2.10. The van der Waals surface area contributed by atoms with Gasteiger partial charge in [0.15, 0.2) is 0 Å². The summed E-state index contributed by atoms with van der Waals surface area (Å²) in [7, 11) is -2.45. The van der Waals surface area contributed by atoms with Crippen molar-refractivity contribution in [3.8, 4) is 0 Å². The van der Waals surface area contributed by atoms with Crippen molar-refractivity contribution in [2.45, 2.75) is 4.90 Å². The zero-order valence-corrected chi connectivity index (χ0v) is 15.9. The highest BCUT2D eigenvalue weighted by Gasteiger charge is 2.24. The molecule has 0 atom stereocenters. The smallest absolute Gasteiger partial charge is 0.349 e. The van der Waals surface area contributed by atoms with Crippen molar-refractivity contribution in [1.29, 1.82) is 0 Å². The first-order valence-electron chi connectivity index (χ1n) is 6.63. The number of esters is 1. The topological polar surface area (TPSA) is 87.7 Å².